The molecule has 1 aromatic rings. The van der Waals surface area contributed by atoms with Crippen molar-refractivity contribution in [1.82, 2.24) is 0 Å². The Labute approximate surface area is 122 Å². The zero-order chi connectivity index (χ0) is 15.2. The summed E-state index contributed by atoms with van der Waals surface area (Å²) >= 11 is 0. The van der Waals surface area contributed by atoms with Gasteiger partial charge in [-0.15, -0.1) is 0 Å². The van der Waals surface area contributed by atoms with Crippen LogP contribution in [0.25, 0.3) is 0 Å². The summed E-state index contributed by atoms with van der Waals surface area (Å²) < 4.78 is 0. The van der Waals surface area contributed by atoms with Gasteiger partial charge in [0.05, 0.1) is 10.5 Å². The molecule has 0 saturated heterocycles. The Morgan fingerprint density at radius 3 is 2.81 bits per heavy atom. The molecule has 0 amide bonds. The number of carboxylic acids is 1. The standard InChI is InChI=1S/C15H18N2O4/c18-15(19)12-7-4-8-13(17(20)21)14(12)16-10-9-11-5-2-1-3-6-11/h4-5,7-8,16H,1-3,6,9-10H2,(H,18,19). The van der Waals surface area contributed by atoms with Gasteiger partial charge in [-0.05, 0) is 38.2 Å². The number of carbonyl (C=O) groups is 1. The Balaban J connectivity index is 2.12. The summed E-state index contributed by atoms with van der Waals surface area (Å²) in [7, 11) is 0. The number of nitro benzene ring substituents is 1. The van der Waals surface area contributed by atoms with Gasteiger partial charge in [-0.25, -0.2) is 4.79 Å². The Hall–Kier alpha value is -2.37. The zero-order valence-electron chi connectivity index (χ0n) is 11.7. The van der Waals surface area contributed by atoms with Crippen LogP contribution in [0.2, 0.25) is 0 Å². The van der Waals surface area contributed by atoms with Gasteiger partial charge < -0.3 is 10.4 Å². The topological polar surface area (TPSA) is 92.5 Å². The normalized spacial score (nSPS) is 14.4. The number of nitro groups is 1. The summed E-state index contributed by atoms with van der Waals surface area (Å²) in [5.41, 5.74) is 1.16. The van der Waals surface area contributed by atoms with Crippen molar-refractivity contribution < 1.29 is 14.8 Å². The number of anilines is 1. The third kappa shape index (κ3) is 3.81. The summed E-state index contributed by atoms with van der Waals surface area (Å²) in [5.74, 6) is -1.17. The van der Waals surface area contributed by atoms with Crippen molar-refractivity contribution in [2.75, 3.05) is 11.9 Å². The van der Waals surface area contributed by atoms with Gasteiger partial charge in [0, 0.05) is 12.6 Å². The van der Waals surface area contributed by atoms with Crippen molar-refractivity contribution >= 4 is 17.3 Å². The molecule has 0 heterocycles. The molecule has 2 rings (SSSR count). The van der Waals surface area contributed by atoms with E-state index in [0.29, 0.717) is 6.54 Å². The number of allylic oxidation sites excluding steroid dienone is 1. The van der Waals surface area contributed by atoms with Gasteiger partial charge >= 0.3 is 5.97 Å². The van der Waals surface area contributed by atoms with Crippen LogP contribution >= 0.6 is 0 Å². The van der Waals surface area contributed by atoms with Gasteiger partial charge in [0.2, 0.25) is 0 Å². The molecule has 0 saturated carbocycles. The summed E-state index contributed by atoms with van der Waals surface area (Å²) in [6.07, 6.45) is 7.53. The largest absolute Gasteiger partial charge is 0.478 e. The molecule has 2 N–H and O–H groups in total. The molecule has 0 bridgehead atoms. The van der Waals surface area contributed by atoms with Gasteiger partial charge in [0.25, 0.3) is 5.69 Å². The monoisotopic (exact) mass is 290 g/mol. The fraction of sp³-hybridized carbons (Fsp3) is 0.400. The van der Waals surface area contributed by atoms with E-state index in [4.69, 9.17) is 5.11 Å². The van der Waals surface area contributed by atoms with Gasteiger partial charge in [0.1, 0.15) is 5.69 Å². The zero-order valence-corrected chi connectivity index (χ0v) is 11.7. The number of nitrogens with one attached hydrogen (secondary N) is 1. The van der Waals surface area contributed by atoms with Crippen LogP contribution in [-0.2, 0) is 0 Å². The van der Waals surface area contributed by atoms with E-state index in [2.05, 4.69) is 11.4 Å². The van der Waals surface area contributed by atoms with Crippen LogP contribution in [0.1, 0.15) is 42.5 Å². The molecule has 0 unspecified atom stereocenters. The fourth-order valence-electron chi connectivity index (χ4n) is 2.54. The highest BCUT2D eigenvalue weighted by molar-refractivity contribution is 5.96. The van der Waals surface area contributed by atoms with E-state index in [0.717, 1.165) is 19.3 Å². The second-order valence-electron chi connectivity index (χ2n) is 5.05. The molecule has 6 heteroatoms. The molecule has 0 aromatic heterocycles. The van der Waals surface area contributed by atoms with Crippen LogP contribution in [0.4, 0.5) is 11.4 Å². The highest BCUT2D eigenvalue weighted by atomic mass is 16.6. The van der Waals surface area contributed by atoms with E-state index in [1.807, 2.05) is 0 Å². The minimum atomic E-state index is -1.17. The first-order valence-electron chi connectivity index (χ1n) is 7.02. The van der Waals surface area contributed by atoms with Crippen LogP contribution in [0.5, 0.6) is 0 Å². The Morgan fingerprint density at radius 2 is 2.19 bits per heavy atom. The molecule has 0 spiro atoms. The van der Waals surface area contributed by atoms with Crippen molar-refractivity contribution in [3.63, 3.8) is 0 Å². The molecule has 0 atom stereocenters. The van der Waals surface area contributed by atoms with E-state index >= 15 is 0 Å². The third-order valence-electron chi connectivity index (χ3n) is 3.60. The predicted octanol–water partition coefficient (Wildman–Crippen LogP) is 3.60. The van der Waals surface area contributed by atoms with Crippen molar-refractivity contribution in [1.29, 1.82) is 0 Å². The van der Waals surface area contributed by atoms with Gasteiger partial charge in [-0.1, -0.05) is 17.7 Å². The second kappa shape index (κ2) is 6.88. The SMILES string of the molecule is O=C(O)c1cccc([N+](=O)[O-])c1NCCC1=CCCCC1. The van der Waals surface area contributed by atoms with Gasteiger partial charge in [-0.2, -0.15) is 0 Å². The summed E-state index contributed by atoms with van der Waals surface area (Å²) in [4.78, 5) is 21.6. The number of hydrogen-bond donors (Lipinski definition) is 2. The van der Waals surface area contributed by atoms with Gasteiger partial charge in [-0.3, -0.25) is 10.1 Å². The van der Waals surface area contributed by atoms with Gasteiger partial charge in [0.15, 0.2) is 0 Å². The molecule has 0 fully saturated rings. The minimum absolute atomic E-state index is 0.0678. The van der Waals surface area contributed by atoms with Crippen molar-refractivity contribution in [2.45, 2.75) is 32.1 Å². The summed E-state index contributed by atoms with van der Waals surface area (Å²) in [6, 6.07) is 4.07. The van der Waals surface area contributed by atoms with Crippen molar-refractivity contribution in [3.8, 4) is 0 Å². The van der Waals surface area contributed by atoms with Crippen molar-refractivity contribution in [2.24, 2.45) is 0 Å². The first-order chi connectivity index (χ1) is 10.1. The van der Waals surface area contributed by atoms with E-state index < -0.39 is 10.9 Å². The summed E-state index contributed by atoms with van der Waals surface area (Å²) in [5, 5.41) is 23.1. The van der Waals surface area contributed by atoms with Crippen LogP contribution in [-0.4, -0.2) is 22.5 Å². The van der Waals surface area contributed by atoms with E-state index in [-0.39, 0.29) is 16.9 Å². The predicted molar refractivity (Wildman–Crippen MR) is 79.7 cm³/mol. The number of rotatable bonds is 6. The molecule has 0 aliphatic heterocycles. The van der Waals surface area contributed by atoms with E-state index in [1.165, 1.54) is 36.6 Å². The lowest BCUT2D eigenvalue weighted by atomic mass is 9.97. The van der Waals surface area contributed by atoms with E-state index in [1.54, 1.807) is 0 Å². The summed E-state index contributed by atoms with van der Waals surface area (Å²) in [6.45, 7) is 0.497. The van der Waals surface area contributed by atoms with Crippen LogP contribution in [0.15, 0.2) is 29.8 Å². The average Bonchev–Trinajstić information content (AvgIpc) is 2.48. The number of carboxylic acid groups (broad SMARTS) is 1. The fourth-order valence-corrected chi connectivity index (χ4v) is 2.54. The first-order valence-corrected chi connectivity index (χ1v) is 7.02. The average molecular weight is 290 g/mol. The number of para-hydroxylation sites is 1. The molecular formula is C15H18N2O4. The number of benzene rings is 1. The molecule has 6 nitrogen and oxygen atoms in total. The number of aromatic carboxylic acids is 1. The Bertz CT molecular complexity index is 549. The molecule has 112 valence electrons. The Morgan fingerprint density at radius 1 is 1.38 bits per heavy atom. The third-order valence-corrected chi connectivity index (χ3v) is 3.60. The highest BCUT2D eigenvalue weighted by Gasteiger charge is 2.20. The second-order valence-corrected chi connectivity index (χ2v) is 5.05. The van der Waals surface area contributed by atoms with Crippen LogP contribution in [0.3, 0.4) is 0 Å². The van der Waals surface area contributed by atoms with E-state index in [9.17, 15) is 14.9 Å². The quantitative estimate of drug-likeness (QED) is 0.474. The highest BCUT2D eigenvalue weighted by Crippen LogP contribution is 2.29. The maximum Gasteiger partial charge on any atom is 0.338 e. The lowest BCUT2D eigenvalue weighted by molar-refractivity contribution is -0.384. The lowest BCUT2D eigenvalue weighted by Crippen LogP contribution is -2.11. The van der Waals surface area contributed by atoms with Crippen LogP contribution < -0.4 is 5.32 Å². The molecule has 1 aliphatic carbocycles. The van der Waals surface area contributed by atoms with Crippen LogP contribution in [0, 0.1) is 10.1 Å². The van der Waals surface area contributed by atoms with Crippen molar-refractivity contribution in [3.05, 3.63) is 45.5 Å². The molecule has 21 heavy (non-hydrogen) atoms. The maximum absolute atomic E-state index is 11.2. The lowest BCUT2D eigenvalue weighted by Gasteiger charge is -2.14. The minimum Gasteiger partial charge on any atom is -0.478 e. The molecular weight excluding hydrogens is 272 g/mol. The number of hydrogen-bond acceptors (Lipinski definition) is 4. The molecule has 1 aliphatic rings. The number of nitrogens with zero attached hydrogens (tertiary/aromatic N) is 1. The smallest absolute Gasteiger partial charge is 0.338 e. The Kier molecular flexibility index (Phi) is 4.92. The maximum atomic E-state index is 11.2. The molecule has 1 aromatic carbocycles. The molecule has 0 radical (unpaired) electrons. The first kappa shape index (κ1) is 15.0.